The largest absolute Gasteiger partial charge is 0.376 e. The van der Waals surface area contributed by atoms with Crippen LogP contribution in [-0.2, 0) is 16.1 Å². The van der Waals surface area contributed by atoms with E-state index in [1.165, 1.54) is 11.8 Å². The first-order chi connectivity index (χ1) is 12.0. The fourth-order valence-corrected chi connectivity index (χ4v) is 4.32. The van der Waals surface area contributed by atoms with Gasteiger partial charge in [-0.25, -0.2) is 0 Å². The maximum absolute atomic E-state index is 12.2. The number of nitrogens with one attached hydrogen (secondary N) is 1. The van der Waals surface area contributed by atoms with Gasteiger partial charge < -0.3 is 10.1 Å². The van der Waals surface area contributed by atoms with Crippen molar-refractivity contribution in [2.24, 2.45) is 0 Å². The molecule has 2 atom stereocenters. The molecule has 0 aliphatic carbocycles. The van der Waals surface area contributed by atoms with Crippen molar-refractivity contribution in [2.45, 2.75) is 62.7 Å². The number of hydrogen-bond acceptors (Lipinski definition) is 6. The summed E-state index contributed by atoms with van der Waals surface area (Å²) >= 11 is 3.09. The Hall–Kier alpha value is -1.38. The van der Waals surface area contributed by atoms with E-state index in [2.05, 4.69) is 20.1 Å². The summed E-state index contributed by atoms with van der Waals surface area (Å²) in [6.45, 7) is 7.37. The summed E-state index contributed by atoms with van der Waals surface area (Å²) < 4.78 is 7.90. The Balaban J connectivity index is 1.81. The van der Waals surface area contributed by atoms with Crippen LogP contribution in [0, 0.1) is 0 Å². The van der Waals surface area contributed by atoms with Crippen molar-refractivity contribution >= 4 is 29.0 Å². The van der Waals surface area contributed by atoms with Gasteiger partial charge in [-0.1, -0.05) is 17.8 Å². The molecule has 136 valence electrons. The van der Waals surface area contributed by atoms with E-state index in [-0.39, 0.29) is 23.3 Å². The quantitative estimate of drug-likeness (QED) is 0.747. The molecule has 6 nitrogen and oxygen atoms in total. The SMILES string of the molecule is CC(C)NC(=O)C(C)Sc1nnc(-c2cccs2)n1CC1CCCO1. The summed E-state index contributed by atoms with van der Waals surface area (Å²) in [5.74, 6) is 0.869. The highest BCUT2D eigenvalue weighted by Crippen LogP contribution is 2.30. The second-order valence-electron chi connectivity index (χ2n) is 6.45. The van der Waals surface area contributed by atoms with Crippen molar-refractivity contribution in [2.75, 3.05) is 6.61 Å². The predicted molar refractivity (Wildman–Crippen MR) is 101 cm³/mol. The second kappa shape index (κ2) is 8.33. The number of thioether (sulfide) groups is 1. The van der Waals surface area contributed by atoms with Gasteiger partial charge in [0.1, 0.15) is 0 Å². The van der Waals surface area contributed by atoms with E-state index in [0.29, 0.717) is 0 Å². The maximum Gasteiger partial charge on any atom is 0.233 e. The van der Waals surface area contributed by atoms with E-state index in [4.69, 9.17) is 4.74 Å². The summed E-state index contributed by atoms with van der Waals surface area (Å²) in [4.78, 5) is 13.3. The van der Waals surface area contributed by atoms with Gasteiger partial charge in [-0.05, 0) is 45.1 Å². The van der Waals surface area contributed by atoms with Crippen molar-refractivity contribution in [3.63, 3.8) is 0 Å². The molecule has 1 saturated heterocycles. The van der Waals surface area contributed by atoms with E-state index in [1.807, 2.05) is 38.3 Å². The van der Waals surface area contributed by atoms with E-state index >= 15 is 0 Å². The van der Waals surface area contributed by atoms with E-state index in [0.717, 1.165) is 41.9 Å². The molecule has 0 radical (unpaired) electrons. The van der Waals surface area contributed by atoms with Crippen LogP contribution < -0.4 is 5.32 Å². The third kappa shape index (κ3) is 4.62. The first-order valence-electron chi connectivity index (χ1n) is 8.60. The van der Waals surface area contributed by atoms with Gasteiger partial charge in [-0.2, -0.15) is 0 Å². The molecule has 0 bridgehead atoms. The molecule has 1 aliphatic heterocycles. The van der Waals surface area contributed by atoms with Crippen molar-refractivity contribution < 1.29 is 9.53 Å². The third-order valence-corrected chi connectivity index (χ3v) is 5.90. The Kier molecular flexibility index (Phi) is 6.14. The van der Waals surface area contributed by atoms with Crippen LogP contribution in [0.1, 0.15) is 33.6 Å². The van der Waals surface area contributed by atoms with Crippen molar-refractivity contribution in [1.29, 1.82) is 0 Å². The number of rotatable bonds is 7. The molecule has 2 aromatic heterocycles. The molecule has 25 heavy (non-hydrogen) atoms. The first kappa shape index (κ1) is 18.4. The normalized spacial score (nSPS) is 18.6. The lowest BCUT2D eigenvalue weighted by atomic mass is 10.2. The maximum atomic E-state index is 12.2. The monoisotopic (exact) mass is 380 g/mol. The molecule has 1 aliphatic rings. The standard InChI is InChI=1S/C17H24N4O2S2/c1-11(2)18-16(22)12(3)25-17-20-19-15(14-7-5-9-24-14)21(17)10-13-6-4-8-23-13/h5,7,9,11-13H,4,6,8,10H2,1-3H3,(H,18,22). The second-order valence-corrected chi connectivity index (χ2v) is 8.71. The Morgan fingerprint density at radius 3 is 2.96 bits per heavy atom. The van der Waals surface area contributed by atoms with Gasteiger partial charge in [0.25, 0.3) is 0 Å². The van der Waals surface area contributed by atoms with Crippen LogP contribution in [0.5, 0.6) is 0 Å². The zero-order valence-corrected chi connectivity index (χ0v) is 16.4. The minimum absolute atomic E-state index is 0.0179. The van der Waals surface area contributed by atoms with Gasteiger partial charge in [0.2, 0.25) is 5.91 Å². The fraction of sp³-hybridized carbons (Fsp3) is 0.588. The van der Waals surface area contributed by atoms with Crippen LogP contribution in [0.15, 0.2) is 22.7 Å². The van der Waals surface area contributed by atoms with Gasteiger partial charge >= 0.3 is 0 Å². The highest BCUT2D eigenvalue weighted by atomic mass is 32.2. The number of carbonyl (C=O) groups excluding carboxylic acids is 1. The molecule has 0 saturated carbocycles. The Bertz CT molecular complexity index is 694. The molecule has 1 fully saturated rings. The molecular weight excluding hydrogens is 356 g/mol. The summed E-state index contributed by atoms with van der Waals surface area (Å²) in [6.07, 6.45) is 2.33. The van der Waals surface area contributed by atoms with Crippen LogP contribution in [0.4, 0.5) is 0 Å². The zero-order chi connectivity index (χ0) is 17.8. The number of thiophene rings is 1. The predicted octanol–water partition coefficient (Wildman–Crippen LogP) is 3.19. The van der Waals surface area contributed by atoms with Crippen LogP contribution >= 0.6 is 23.1 Å². The lowest BCUT2D eigenvalue weighted by Crippen LogP contribution is -2.36. The highest BCUT2D eigenvalue weighted by molar-refractivity contribution is 8.00. The highest BCUT2D eigenvalue weighted by Gasteiger charge is 2.25. The lowest BCUT2D eigenvalue weighted by Gasteiger charge is -2.17. The average molecular weight is 381 g/mol. The number of aromatic nitrogens is 3. The van der Waals surface area contributed by atoms with Crippen LogP contribution in [0.25, 0.3) is 10.7 Å². The topological polar surface area (TPSA) is 69.0 Å². The number of carbonyl (C=O) groups is 1. The minimum Gasteiger partial charge on any atom is -0.376 e. The van der Waals surface area contributed by atoms with Crippen molar-refractivity contribution in [3.8, 4) is 10.7 Å². The Labute approximate surface area is 156 Å². The van der Waals surface area contributed by atoms with E-state index < -0.39 is 0 Å². The molecule has 2 unspecified atom stereocenters. The zero-order valence-electron chi connectivity index (χ0n) is 14.8. The molecule has 3 rings (SSSR count). The summed E-state index contributed by atoms with van der Waals surface area (Å²) in [5, 5.41) is 14.3. The molecule has 1 amide bonds. The van der Waals surface area contributed by atoms with E-state index in [1.54, 1.807) is 11.3 Å². The molecular formula is C17H24N4O2S2. The number of hydrogen-bond donors (Lipinski definition) is 1. The summed E-state index contributed by atoms with van der Waals surface area (Å²) in [5.41, 5.74) is 0. The van der Waals surface area contributed by atoms with Gasteiger partial charge in [0.15, 0.2) is 11.0 Å². The molecule has 0 aromatic carbocycles. The molecule has 0 spiro atoms. The third-order valence-electron chi connectivity index (χ3n) is 3.95. The number of ether oxygens (including phenoxy) is 1. The van der Waals surface area contributed by atoms with Crippen molar-refractivity contribution in [1.82, 2.24) is 20.1 Å². The van der Waals surface area contributed by atoms with Crippen molar-refractivity contribution in [3.05, 3.63) is 17.5 Å². The fourth-order valence-electron chi connectivity index (χ4n) is 2.73. The minimum atomic E-state index is -0.231. The molecule has 1 N–H and O–H groups in total. The van der Waals surface area contributed by atoms with Crippen LogP contribution in [0.2, 0.25) is 0 Å². The Morgan fingerprint density at radius 2 is 2.32 bits per heavy atom. The van der Waals surface area contributed by atoms with Gasteiger partial charge in [0.05, 0.1) is 22.8 Å². The van der Waals surface area contributed by atoms with Gasteiger partial charge in [-0.15, -0.1) is 21.5 Å². The number of nitrogens with zero attached hydrogens (tertiary/aromatic N) is 3. The van der Waals surface area contributed by atoms with E-state index in [9.17, 15) is 4.79 Å². The van der Waals surface area contributed by atoms with Crippen LogP contribution in [0.3, 0.4) is 0 Å². The lowest BCUT2D eigenvalue weighted by molar-refractivity contribution is -0.120. The van der Waals surface area contributed by atoms with Crippen LogP contribution in [-0.4, -0.2) is 44.7 Å². The first-order valence-corrected chi connectivity index (χ1v) is 10.4. The number of amides is 1. The Morgan fingerprint density at radius 1 is 1.48 bits per heavy atom. The molecule has 2 aromatic rings. The van der Waals surface area contributed by atoms with Gasteiger partial charge in [0, 0.05) is 12.6 Å². The smallest absolute Gasteiger partial charge is 0.233 e. The summed E-state index contributed by atoms with van der Waals surface area (Å²) in [6, 6.07) is 4.18. The molecule has 8 heteroatoms. The summed E-state index contributed by atoms with van der Waals surface area (Å²) in [7, 11) is 0. The van der Waals surface area contributed by atoms with Gasteiger partial charge in [-0.3, -0.25) is 9.36 Å². The molecule has 3 heterocycles. The average Bonchev–Trinajstić information content (AvgIpc) is 3.29.